The SMILES string of the molecule is CN=C(N)NC(CCCC(=O)CC(=O)CCc1ccc(O)c(OC2CCCC2)c1)CC[NH+]1C=CNC1. The van der Waals surface area contributed by atoms with Crippen molar-refractivity contribution >= 4 is 17.5 Å². The number of phenolic OH excluding ortho intramolecular Hbond substituents is 1. The largest absolute Gasteiger partial charge is 0.504 e. The first-order valence-corrected chi connectivity index (χ1v) is 13.2. The van der Waals surface area contributed by atoms with Crippen molar-refractivity contribution in [2.24, 2.45) is 10.7 Å². The van der Waals surface area contributed by atoms with Crippen LogP contribution in [0.3, 0.4) is 0 Å². The number of ketones is 2. The van der Waals surface area contributed by atoms with Gasteiger partial charge < -0.3 is 26.2 Å². The molecule has 36 heavy (non-hydrogen) atoms. The normalized spacial score (nSPS) is 18.7. The van der Waals surface area contributed by atoms with Gasteiger partial charge in [0.2, 0.25) is 0 Å². The van der Waals surface area contributed by atoms with Crippen LogP contribution in [0.1, 0.15) is 69.8 Å². The van der Waals surface area contributed by atoms with Crippen molar-refractivity contribution in [1.82, 2.24) is 10.6 Å². The molecule has 0 bridgehead atoms. The molecule has 3 rings (SSSR count). The minimum absolute atomic E-state index is 0.0239. The maximum atomic E-state index is 12.4. The Morgan fingerprint density at radius 2 is 2.03 bits per heavy atom. The van der Waals surface area contributed by atoms with Crippen LogP contribution in [-0.4, -0.2) is 55.0 Å². The van der Waals surface area contributed by atoms with Gasteiger partial charge in [0.1, 0.15) is 17.8 Å². The molecule has 2 atom stereocenters. The number of nitrogens with zero attached hydrogens (tertiary/aromatic N) is 1. The molecule has 0 aromatic heterocycles. The molecule has 2 unspecified atom stereocenters. The number of quaternary nitrogens is 1. The number of aryl methyl sites for hydroxylation is 1. The van der Waals surface area contributed by atoms with Crippen LogP contribution in [-0.2, 0) is 16.0 Å². The molecule has 0 saturated heterocycles. The summed E-state index contributed by atoms with van der Waals surface area (Å²) >= 11 is 0. The van der Waals surface area contributed by atoms with Gasteiger partial charge in [-0.2, -0.15) is 0 Å². The summed E-state index contributed by atoms with van der Waals surface area (Å²) < 4.78 is 5.94. The van der Waals surface area contributed by atoms with Crippen LogP contribution in [0.5, 0.6) is 11.5 Å². The van der Waals surface area contributed by atoms with Crippen molar-refractivity contribution in [1.29, 1.82) is 0 Å². The van der Waals surface area contributed by atoms with Crippen LogP contribution in [0.2, 0.25) is 0 Å². The Kier molecular flexibility index (Phi) is 11.1. The number of nitrogens with one attached hydrogen (secondary N) is 3. The highest BCUT2D eigenvalue weighted by molar-refractivity contribution is 5.99. The summed E-state index contributed by atoms with van der Waals surface area (Å²) in [4.78, 5) is 30.2. The van der Waals surface area contributed by atoms with E-state index >= 15 is 0 Å². The van der Waals surface area contributed by atoms with Gasteiger partial charge in [-0.05, 0) is 62.6 Å². The highest BCUT2D eigenvalue weighted by Gasteiger charge is 2.19. The maximum absolute atomic E-state index is 12.4. The first-order chi connectivity index (χ1) is 17.4. The average Bonchev–Trinajstić information content (AvgIpc) is 3.57. The number of ether oxygens (including phenoxy) is 1. The van der Waals surface area contributed by atoms with E-state index in [0.29, 0.717) is 37.4 Å². The van der Waals surface area contributed by atoms with Crippen molar-refractivity contribution < 1.29 is 24.3 Å². The summed E-state index contributed by atoms with van der Waals surface area (Å²) in [6.07, 6.45) is 12.1. The van der Waals surface area contributed by atoms with Gasteiger partial charge in [-0.1, -0.05) is 6.07 Å². The molecule has 6 N–H and O–H groups in total. The summed E-state index contributed by atoms with van der Waals surface area (Å²) in [5.74, 6) is 0.933. The van der Waals surface area contributed by atoms with Gasteiger partial charge in [0.05, 0.1) is 25.3 Å². The molecular weight excluding hydrogens is 458 g/mol. The lowest BCUT2D eigenvalue weighted by atomic mass is 10.0. The second-order valence-electron chi connectivity index (χ2n) is 9.83. The van der Waals surface area contributed by atoms with E-state index in [0.717, 1.165) is 57.3 Å². The number of hydrogen-bond donors (Lipinski definition) is 5. The fourth-order valence-corrected chi connectivity index (χ4v) is 4.74. The van der Waals surface area contributed by atoms with Crippen molar-refractivity contribution in [3.8, 4) is 11.5 Å². The van der Waals surface area contributed by atoms with E-state index in [-0.39, 0.29) is 35.9 Å². The molecule has 198 valence electrons. The smallest absolute Gasteiger partial charge is 0.188 e. The molecule has 1 saturated carbocycles. The number of aliphatic imine (C=N–C) groups is 1. The monoisotopic (exact) mass is 500 g/mol. The molecular formula is C27H42N5O4+. The van der Waals surface area contributed by atoms with Gasteiger partial charge in [-0.15, -0.1) is 0 Å². The number of aromatic hydroxyl groups is 1. The van der Waals surface area contributed by atoms with Crippen molar-refractivity contribution in [3.63, 3.8) is 0 Å². The zero-order valence-electron chi connectivity index (χ0n) is 21.4. The third kappa shape index (κ3) is 9.53. The minimum Gasteiger partial charge on any atom is -0.504 e. The fourth-order valence-electron chi connectivity index (χ4n) is 4.74. The number of Topliss-reactive ketones (excluding diaryl/α,β-unsaturated/α-hetero) is 2. The second-order valence-corrected chi connectivity index (χ2v) is 9.83. The molecule has 2 aliphatic rings. The number of rotatable bonds is 15. The van der Waals surface area contributed by atoms with Gasteiger partial charge in [0, 0.05) is 32.4 Å². The molecule has 0 spiro atoms. The van der Waals surface area contributed by atoms with E-state index in [9.17, 15) is 14.7 Å². The summed E-state index contributed by atoms with van der Waals surface area (Å²) in [6.45, 7) is 1.83. The quantitative estimate of drug-likeness (QED) is 0.140. The number of phenols is 1. The maximum Gasteiger partial charge on any atom is 0.188 e. The Morgan fingerprint density at radius 3 is 2.75 bits per heavy atom. The summed E-state index contributed by atoms with van der Waals surface area (Å²) in [5, 5.41) is 16.5. The lowest BCUT2D eigenvalue weighted by Gasteiger charge is -2.20. The Hall–Kier alpha value is -3.07. The van der Waals surface area contributed by atoms with Crippen LogP contribution in [0, 0.1) is 0 Å². The molecule has 0 radical (unpaired) electrons. The molecule has 0 amide bonds. The molecule has 9 heteroatoms. The van der Waals surface area contributed by atoms with Crippen molar-refractivity contribution in [3.05, 3.63) is 36.2 Å². The van der Waals surface area contributed by atoms with E-state index in [4.69, 9.17) is 10.5 Å². The molecule has 1 heterocycles. The third-order valence-corrected chi connectivity index (χ3v) is 6.89. The Morgan fingerprint density at radius 1 is 1.25 bits per heavy atom. The Bertz CT molecular complexity index is 927. The van der Waals surface area contributed by atoms with E-state index in [1.54, 1.807) is 19.2 Å². The van der Waals surface area contributed by atoms with Crippen LogP contribution in [0.15, 0.2) is 35.6 Å². The first-order valence-electron chi connectivity index (χ1n) is 13.2. The van der Waals surface area contributed by atoms with Crippen LogP contribution in [0.4, 0.5) is 0 Å². The predicted molar refractivity (Wildman–Crippen MR) is 140 cm³/mol. The third-order valence-electron chi connectivity index (χ3n) is 6.89. The molecule has 9 nitrogen and oxygen atoms in total. The van der Waals surface area contributed by atoms with Gasteiger partial charge in [0.25, 0.3) is 0 Å². The van der Waals surface area contributed by atoms with E-state index in [1.807, 2.05) is 12.3 Å². The van der Waals surface area contributed by atoms with Crippen LogP contribution >= 0.6 is 0 Å². The van der Waals surface area contributed by atoms with E-state index in [2.05, 4.69) is 21.8 Å². The zero-order chi connectivity index (χ0) is 25.8. The lowest BCUT2D eigenvalue weighted by molar-refractivity contribution is -0.843. The number of nitrogens with two attached hydrogens (primary N) is 1. The number of carbonyl (C=O) groups excluding carboxylic acids is 2. The number of carbonyl (C=O) groups is 2. The van der Waals surface area contributed by atoms with E-state index in [1.165, 1.54) is 4.90 Å². The Labute approximate surface area is 214 Å². The van der Waals surface area contributed by atoms with E-state index < -0.39 is 0 Å². The number of guanidine groups is 1. The molecule has 1 aromatic carbocycles. The topological polar surface area (TPSA) is 130 Å². The lowest BCUT2D eigenvalue weighted by Crippen LogP contribution is -3.07. The molecule has 1 aromatic rings. The summed E-state index contributed by atoms with van der Waals surface area (Å²) in [5.41, 5.74) is 6.79. The highest BCUT2D eigenvalue weighted by Crippen LogP contribution is 2.32. The number of benzene rings is 1. The zero-order valence-corrected chi connectivity index (χ0v) is 21.4. The summed E-state index contributed by atoms with van der Waals surface area (Å²) in [6, 6.07) is 5.37. The van der Waals surface area contributed by atoms with Gasteiger partial charge in [0.15, 0.2) is 24.1 Å². The predicted octanol–water partition coefficient (Wildman–Crippen LogP) is 1.55. The van der Waals surface area contributed by atoms with Crippen LogP contribution < -0.4 is 26.0 Å². The molecule has 1 aliphatic heterocycles. The molecule has 1 aliphatic carbocycles. The standard InChI is InChI=1S/C27H41N5O4/c1-29-27(28)31-21(13-15-32-16-14-30-19-32)5-4-6-22(33)18-23(34)11-9-20-10-12-25(35)26(17-20)36-24-7-2-3-8-24/h10,12,14,16-17,21,24,30,35H,2-9,11,13,15,18-19H2,1H3,(H3,28,29,31)/p+1. The Balaban J connectivity index is 1.37. The number of hydrogen-bond acceptors (Lipinski definition) is 6. The molecule has 1 fully saturated rings. The minimum atomic E-state index is -0.0553. The van der Waals surface area contributed by atoms with Crippen molar-refractivity contribution in [2.45, 2.75) is 82.8 Å². The highest BCUT2D eigenvalue weighted by atomic mass is 16.5. The first kappa shape index (κ1) is 27.5. The van der Waals surface area contributed by atoms with Gasteiger partial charge in [-0.3, -0.25) is 19.5 Å². The van der Waals surface area contributed by atoms with Gasteiger partial charge >= 0.3 is 0 Å². The summed E-state index contributed by atoms with van der Waals surface area (Å²) in [7, 11) is 1.65. The second kappa shape index (κ2) is 14.5. The van der Waals surface area contributed by atoms with Gasteiger partial charge in [-0.25, -0.2) is 0 Å². The fraction of sp³-hybridized carbons (Fsp3) is 0.593. The van der Waals surface area contributed by atoms with Crippen LogP contribution in [0.25, 0.3) is 0 Å². The van der Waals surface area contributed by atoms with Crippen molar-refractivity contribution in [2.75, 3.05) is 20.3 Å². The average molecular weight is 501 g/mol.